The normalized spacial score (nSPS) is 25.6. The fourth-order valence-corrected chi connectivity index (χ4v) is 3.38. The first-order chi connectivity index (χ1) is 8.75. The van der Waals surface area contributed by atoms with Crippen LogP contribution in [0.25, 0.3) is 0 Å². The highest BCUT2D eigenvalue weighted by molar-refractivity contribution is 5.85. The second-order valence-corrected chi connectivity index (χ2v) is 6.15. The Bertz CT molecular complexity index is 261. The molecule has 0 spiro atoms. The molecule has 2 atom stereocenters. The van der Waals surface area contributed by atoms with Crippen molar-refractivity contribution in [3.63, 3.8) is 0 Å². The Balaban J connectivity index is 0.00000180. The Kier molecular flexibility index (Phi) is 7.77. The summed E-state index contributed by atoms with van der Waals surface area (Å²) in [5, 5.41) is 6.61. The third kappa shape index (κ3) is 5.70. The minimum absolute atomic E-state index is 0. The van der Waals surface area contributed by atoms with Crippen molar-refractivity contribution < 1.29 is 4.79 Å². The van der Waals surface area contributed by atoms with Crippen molar-refractivity contribution in [2.75, 3.05) is 13.1 Å². The van der Waals surface area contributed by atoms with Gasteiger partial charge in [-0.1, -0.05) is 25.7 Å². The lowest BCUT2D eigenvalue weighted by Gasteiger charge is -2.29. The van der Waals surface area contributed by atoms with Crippen LogP contribution in [0.3, 0.4) is 0 Å². The molecule has 19 heavy (non-hydrogen) atoms. The standard InChI is InChI=1S/C15H28N2O.ClH/c1-12(14-7-4-10-16-11-14)17-15(18)9-8-13-5-2-3-6-13;/h12-14,16H,2-11H2,1H3,(H,17,18);1H. The molecule has 1 aliphatic carbocycles. The molecule has 2 aliphatic rings. The Morgan fingerprint density at radius 3 is 2.63 bits per heavy atom. The fraction of sp³-hybridized carbons (Fsp3) is 0.933. The lowest BCUT2D eigenvalue weighted by Crippen LogP contribution is -2.44. The summed E-state index contributed by atoms with van der Waals surface area (Å²) in [5.41, 5.74) is 0. The van der Waals surface area contributed by atoms with Gasteiger partial charge in [-0.2, -0.15) is 0 Å². The molecule has 3 nitrogen and oxygen atoms in total. The number of carbonyl (C=O) groups excluding carboxylic acids is 1. The maximum Gasteiger partial charge on any atom is 0.220 e. The van der Waals surface area contributed by atoms with Crippen molar-refractivity contribution in [3.8, 4) is 0 Å². The Hall–Kier alpha value is -0.280. The van der Waals surface area contributed by atoms with E-state index in [2.05, 4.69) is 17.6 Å². The third-order valence-electron chi connectivity index (χ3n) is 4.69. The second kappa shape index (κ2) is 8.80. The highest BCUT2D eigenvalue weighted by Crippen LogP contribution is 2.28. The molecule has 0 aromatic heterocycles. The number of nitrogens with one attached hydrogen (secondary N) is 2. The summed E-state index contributed by atoms with van der Waals surface area (Å²) < 4.78 is 0. The maximum absolute atomic E-state index is 11.9. The van der Waals surface area contributed by atoms with Crippen LogP contribution < -0.4 is 10.6 Å². The first-order valence-corrected chi connectivity index (χ1v) is 7.76. The van der Waals surface area contributed by atoms with Gasteiger partial charge in [0.2, 0.25) is 5.91 Å². The maximum atomic E-state index is 11.9. The summed E-state index contributed by atoms with van der Waals surface area (Å²) in [4.78, 5) is 11.9. The highest BCUT2D eigenvalue weighted by atomic mass is 35.5. The van der Waals surface area contributed by atoms with Gasteiger partial charge in [-0.25, -0.2) is 0 Å². The summed E-state index contributed by atoms with van der Waals surface area (Å²) in [6.45, 7) is 4.36. The lowest BCUT2D eigenvalue weighted by molar-refractivity contribution is -0.122. The average Bonchev–Trinajstić information content (AvgIpc) is 2.90. The zero-order valence-corrected chi connectivity index (χ0v) is 12.9. The number of hydrogen-bond acceptors (Lipinski definition) is 2. The van der Waals surface area contributed by atoms with E-state index in [0.717, 1.165) is 31.8 Å². The SMILES string of the molecule is CC(NC(=O)CCC1CCCC1)C1CCCNC1.Cl. The number of piperidine rings is 1. The summed E-state index contributed by atoms with van der Waals surface area (Å²) in [6.07, 6.45) is 9.75. The van der Waals surface area contributed by atoms with Gasteiger partial charge >= 0.3 is 0 Å². The van der Waals surface area contributed by atoms with E-state index in [1.54, 1.807) is 0 Å². The first-order valence-electron chi connectivity index (χ1n) is 7.76. The first kappa shape index (κ1) is 16.8. The number of halogens is 1. The van der Waals surface area contributed by atoms with Crippen molar-refractivity contribution in [2.45, 2.75) is 64.3 Å². The Morgan fingerprint density at radius 2 is 2.00 bits per heavy atom. The van der Waals surface area contributed by atoms with Crippen LogP contribution >= 0.6 is 12.4 Å². The van der Waals surface area contributed by atoms with Crippen LogP contribution in [0.4, 0.5) is 0 Å². The molecule has 4 heteroatoms. The number of carbonyl (C=O) groups is 1. The van der Waals surface area contributed by atoms with E-state index in [0.29, 0.717) is 12.0 Å². The molecule has 0 bridgehead atoms. The molecule has 0 radical (unpaired) electrons. The molecule has 2 rings (SSSR count). The van der Waals surface area contributed by atoms with E-state index in [1.807, 2.05) is 0 Å². The predicted octanol–water partition coefficient (Wildman–Crippen LogP) is 2.88. The molecule has 2 fully saturated rings. The summed E-state index contributed by atoms with van der Waals surface area (Å²) >= 11 is 0. The third-order valence-corrected chi connectivity index (χ3v) is 4.69. The molecule has 2 unspecified atom stereocenters. The van der Waals surface area contributed by atoms with Crippen LogP contribution in [0.15, 0.2) is 0 Å². The minimum atomic E-state index is 0. The van der Waals surface area contributed by atoms with Crippen LogP contribution in [0.5, 0.6) is 0 Å². The Labute approximate surface area is 123 Å². The van der Waals surface area contributed by atoms with Gasteiger partial charge in [-0.15, -0.1) is 12.4 Å². The lowest BCUT2D eigenvalue weighted by atomic mass is 9.92. The molecule has 2 N–H and O–H groups in total. The summed E-state index contributed by atoms with van der Waals surface area (Å²) in [7, 11) is 0. The summed E-state index contributed by atoms with van der Waals surface area (Å²) in [6, 6.07) is 0.328. The van der Waals surface area contributed by atoms with Gasteiger partial charge in [0.05, 0.1) is 0 Å². The van der Waals surface area contributed by atoms with Gasteiger partial charge < -0.3 is 10.6 Å². The molecule has 0 aromatic carbocycles. The van der Waals surface area contributed by atoms with Crippen molar-refractivity contribution in [2.24, 2.45) is 11.8 Å². The molecule has 0 aromatic rings. The number of hydrogen-bond donors (Lipinski definition) is 2. The smallest absolute Gasteiger partial charge is 0.220 e. The van der Waals surface area contributed by atoms with Crippen LogP contribution in [-0.2, 0) is 4.79 Å². The van der Waals surface area contributed by atoms with Crippen molar-refractivity contribution in [1.29, 1.82) is 0 Å². The van der Waals surface area contributed by atoms with Crippen LogP contribution in [-0.4, -0.2) is 25.0 Å². The molecule has 1 saturated carbocycles. The van der Waals surface area contributed by atoms with E-state index in [-0.39, 0.29) is 18.3 Å². The van der Waals surface area contributed by atoms with Gasteiger partial charge in [0.25, 0.3) is 0 Å². The predicted molar refractivity (Wildman–Crippen MR) is 81.6 cm³/mol. The van der Waals surface area contributed by atoms with Crippen molar-refractivity contribution in [3.05, 3.63) is 0 Å². The quantitative estimate of drug-likeness (QED) is 0.817. The average molecular weight is 289 g/mol. The molecule has 112 valence electrons. The van der Waals surface area contributed by atoms with Gasteiger partial charge in [0, 0.05) is 12.5 Å². The zero-order valence-electron chi connectivity index (χ0n) is 12.1. The van der Waals surface area contributed by atoms with Gasteiger partial charge in [0.15, 0.2) is 0 Å². The zero-order chi connectivity index (χ0) is 12.8. The van der Waals surface area contributed by atoms with Crippen LogP contribution in [0.1, 0.15) is 58.3 Å². The van der Waals surface area contributed by atoms with Gasteiger partial charge in [-0.3, -0.25) is 4.79 Å². The molecule has 1 heterocycles. The monoisotopic (exact) mass is 288 g/mol. The minimum Gasteiger partial charge on any atom is -0.353 e. The topological polar surface area (TPSA) is 41.1 Å². The number of rotatable bonds is 5. The van der Waals surface area contributed by atoms with Crippen molar-refractivity contribution >= 4 is 18.3 Å². The van der Waals surface area contributed by atoms with Gasteiger partial charge in [-0.05, 0) is 51.1 Å². The highest BCUT2D eigenvalue weighted by Gasteiger charge is 2.22. The van der Waals surface area contributed by atoms with Crippen LogP contribution in [0.2, 0.25) is 0 Å². The van der Waals surface area contributed by atoms with Crippen molar-refractivity contribution in [1.82, 2.24) is 10.6 Å². The van der Waals surface area contributed by atoms with E-state index < -0.39 is 0 Å². The molecule has 1 aliphatic heterocycles. The van der Waals surface area contributed by atoms with E-state index in [4.69, 9.17) is 0 Å². The molecular formula is C15H29ClN2O. The molecule has 1 amide bonds. The fourth-order valence-electron chi connectivity index (χ4n) is 3.38. The number of amides is 1. The molecular weight excluding hydrogens is 260 g/mol. The van der Waals surface area contributed by atoms with Gasteiger partial charge in [0.1, 0.15) is 0 Å². The summed E-state index contributed by atoms with van der Waals surface area (Å²) in [5.74, 6) is 1.71. The largest absolute Gasteiger partial charge is 0.353 e. The Morgan fingerprint density at radius 1 is 1.26 bits per heavy atom. The van der Waals surface area contributed by atoms with Crippen LogP contribution in [0, 0.1) is 11.8 Å². The van der Waals surface area contributed by atoms with E-state index in [9.17, 15) is 4.79 Å². The second-order valence-electron chi connectivity index (χ2n) is 6.15. The molecule has 1 saturated heterocycles. The van der Waals surface area contributed by atoms with E-state index >= 15 is 0 Å². The van der Waals surface area contributed by atoms with E-state index in [1.165, 1.54) is 38.5 Å².